The Kier molecular flexibility index (Phi) is 6.40. The average Bonchev–Trinajstić information content (AvgIpc) is 2.83. The molecule has 1 fully saturated rings. The van der Waals surface area contributed by atoms with Gasteiger partial charge < -0.3 is 14.5 Å². The third kappa shape index (κ3) is 5.17. The van der Waals surface area contributed by atoms with E-state index in [0.717, 1.165) is 35.9 Å². The maximum Gasteiger partial charge on any atom is 0.260 e. The zero-order valence-corrected chi connectivity index (χ0v) is 17.9. The summed E-state index contributed by atoms with van der Waals surface area (Å²) in [7, 11) is 0. The fourth-order valence-electron chi connectivity index (χ4n) is 3.53. The van der Waals surface area contributed by atoms with Gasteiger partial charge in [0.05, 0.1) is 5.69 Å². The van der Waals surface area contributed by atoms with E-state index >= 15 is 0 Å². The summed E-state index contributed by atoms with van der Waals surface area (Å²) in [6, 6.07) is 15.7. The lowest BCUT2D eigenvalue weighted by Gasteiger charge is -2.35. The van der Waals surface area contributed by atoms with Crippen molar-refractivity contribution < 1.29 is 9.53 Å². The minimum absolute atomic E-state index is 0.00518. The highest BCUT2D eigenvalue weighted by Crippen LogP contribution is 2.20. The molecular formula is C24H27N5O2. The molecule has 7 heteroatoms. The molecule has 1 aliphatic rings. The van der Waals surface area contributed by atoms with Gasteiger partial charge in [-0.15, -0.1) is 10.2 Å². The van der Waals surface area contributed by atoms with Crippen LogP contribution in [0.25, 0.3) is 11.3 Å². The number of aromatic nitrogens is 3. The first-order valence-corrected chi connectivity index (χ1v) is 10.6. The Bertz CT molecular complexity index is 983. The molecule has 2 aromatic heterocycles. The number of amides is 1. The van der Waals surface area contributed by atoms with E-state index in [1.165, 1.54) is 5.56 Å². The highest BCUT2D eigenvalue weighted by molar-refractivity contribution is 5.78. The van der Waals surface area contributed by atoms with E-state index in [1.807, 2.05) is 53.4 Å². The molecule has 3 aromatic rings. The van der Waals surface area contributed by atoms with E-state index in [1.54, 1.807) is 12.4 Å². The first kappa shape index (κ1) is 20.8. The molecule has 4 rings (SSSR count). The third-order valence-corrected chi connectivity index (χ3v) is 5.47. The Balaban J connectivity index is 1.26. The highest BCUT2D eigenvalue weighted by Gasteiger charge is 2.22. The number of piperazine rings is 1. The first-order valence-electron chi connectivity index (χ1n) is 10.6. The number of carbonyl (C=O) groups is 1. The number of hydrogen-bond acceptors (Lipinski definition) is 6. The van der Waals surface area contributed by atoms with Crippen molar-refractivity contribution >= 4 is 11.7 Å². The zero-order chi connectivity index (χ0) is 21.6. The molecular weight excluding hydrogens is 390 g/mol. The van der Waals surface area contributed by atoms with Gasteiger partial charge in [-0.05, 0) is 47.9 Å². The minimum Gasteiger partial charge on any atom is -0.484 e. The molecule has 1 aromatic carbocycles. The molecule has 0 aliphatic carbocycles. The monoisotopic (exact) mass is 417 g/mol. The largest absolute Gasteiger partial charge is 0.484 e. The smallest absolute Gasteiger partial charge is 0.260 e. The Morgan fingerprint density at radius 3 is 2.39 bits per heavy atom. The lowest BCUT2D eigenvalue weighted by molar-refractivity contribution is -0.133. The number of benzene rings is 1. The molecule has 7 nitrogen and oxygen atoms in total. The summed E-state index contributed by atoms with van der Waals surface area (Å²) < 4.78 is 5.69. The summed E-state index contributed by atoms with van der Waals surface area (Å²) in [6.45, 7) is 7.08. The Hall–Kier alpha value is -3.48. The fourth-order valence-corrected chi connectivity index (χ4v) is 3.53. The van der Waals surface area contributed by atoms with Crippen molar-refractivity contribution in [1.82, 2.24) is 20.1 Å². The SMILES string of the molecule is CC(C)c1ccc(OCC(=O)N2CCN(c3ccc(-c4cccnc4)nn3)CC2)cc1. The minimum atomic E-state index is 0.00518. The second kappa shape index (κ2) is 9.55. The van der Waals surface area contributed by atoms with Crippen molar-refractivity contribution in [2.45, 2.75) is 19.8 Å². The molecule has 0 radical (unpaired) electrons. The third-order valence-electron chi connectivity index (χ3n) is 5.47. The molecule has 1 amide bonds. The number of anilines is 1. The fraction of sp³-hybridized carbons (Fsp3) is 0.333. The summed E-state index contributed by atoms with van der Waals surface area (Å²) in [5.41, 5.74) is 2.99. The van der Waals surface area contributed by atoms with Crippen LogP contribution in [0.3, 0.4) is 0 Å². The van der Waals surface area contributed by atoms with Crippen LogP contribution >= 0.6 is 0 Å². The van der Waals surface area contributed by atoms with Gasteiger partial charge in [0.15, 0.2) is 12.4 Å². The summed E-state index contributed by atoms with van der Waals surface area (Å²) in [6.07, 6.45) is 3.51. The molecule has 0 saturated carbocycles. The Morgan fingerprint density at radius 1 is 1.00 bits per heavy atom. The summed E-state index contributed by atoms with van der Waals surface area (Å²) in [5, 5.41) is 8.69. The van der Waals surface area contributed by atoms with Gasteiger partial charge in [-0.2, -0.15) is 0 Å². The molecule has 0 atom stereocenters. The van der Waals surface area contributed by atoms with Crippen molar-refractivity contribution in [2.24, 2.45) is 0 Å². The summed E-state index contributed by atoms with van der Waals surface area (Å²) >= 11 is 0. The summed E-state index contributed by atoms with van der Waals surface area (Å²) in [5.74, 6) is 2.02. The molecule has 0 unspecified atom stereocenters. The molecule has 31 heavy (non-hydrogen) atoms. The predicted octanol–water partition coefficient (Wildman–Crippen LogP) is 3.39. The van der Waals surface area contributed by atoms with Gasteiger partial charge in [0.25, 0.3) is 5.91 Å². The normalized spacial score (nSPS) is 14.0. The van der Waals surface area contributed by atoms with Crippen LogP contribution in [0.1, 0.15) is 25.3 Å². The Morgan fingerprint density at radius 2 is 1.77 bits per heavy atom. The number of carbonyl (C=O) groups excluding carboxylic acids is 1. The van der Waals surface area contributed by atoms with Gasteiger partial charge >= 0.3 is 0 Å². The highest BCUT2D eigenvalue weighted by atomic mass is 16.5. The van der Waals surface area contributed by atoms with Gasteiger partial charge in [-0.25, -0.2) is 0 Å². The second-order valence-corrected chi connectivity index (χ2v) is 7.90. The van der Waals surface area contributed by atoms with Gasteiger partial charge in [-0.3, -0.25) is 9.78 Å². The van der Waals surface area contributed by atoms with Crippen molar-refractivity contribution in [2.75, 3.05) is 37.7 Å². The van der Waals surface area contributed by atoms with Crippen molar-refractivity contribution in [3.05, 3.63) is 66.5 Å². The van der Waals surface area contributed by atoms with Crippen molar-refractivity contribution in [3.63, 3.8) is 0 Å². The van der Waals surface area contributed by atoms with Crippen molar-refractivity contribution in [1.29, 1.82) is 0 Å². The van der Waals surface area contributed by atoms with E-state index < -0.39 is 0 Å². The molecule has 3 heterocycles. The molecule has 0 N–H and O–H groups in total. The average molecular weight is 418 g/mol. The van der Waals surface area contributed by atoms with Crippen LogP contribution < -0.4 is 9.64 Å². The van der Waals surface area contributed by atoms with E-state index in [9.17, 15) is 4.79 Å². The number of rotatable bonds is 6. The van der Waals surface area contributed by atoms with Crippen LogP contribution in [0.4, 0.5) is 5.82 Å². The van der Waals surface area contributed by atoms with Crippen LogP contribution in [-0.2, 0) is 4.79 Å². The second-order valence-electron chi connectivity index (χ2n) is 7.90. The molecule has 1 aliphatic heterocycles. The van der Waals surface area contributed by atoms with Gasteiger partial charge in [0.1, 0.15) is 5.75 Å². The maximum atomic E-state index is 12.5. The number of hydrogen-bond donors (Lipinski definition) is 0. The van der Waals surface area contributed by atoms with Crippen LogP contribution in [-0.4, -0.2) is 58.8 Å². The number of ether oxygens (including phenoxy) is 1. The van der Waals surface area contributed by atoms with E-state index in [4.69, 9.17) is 4.74 Å². The number of pyridine rings is 1. The lowest BCUT2D eigenvalue weighted by atomic mass is 10.0. The topological polar surface area (TPSA) is 71.5 Å². The van der Waals surface area contributed by atoms with Crippen molar-refractivity contribution in [3.8, 4) is 17.0 Å². The molecule has 1 saturated heterocycles. The molecule has 0 bridgehead atoms. The standard InChI is InChI=1S/C24H27N5O2/c1-18(2)19-5-7-21(8-6-19)31-17-24(30)29-14-12-28(13-15-29)23-10-9-22(26-27-23)20-4-3-11-25-16-20/h3-11,16,18H,12-15,17H2,1-2H3. The maximum absolute atomic E-state index is 12.5. The predicted molar refractivity (Wildman–Crippen MR) is 120 cm³/mol. The van der Waals surface area contributed by atoms with Gasteiger partial charge in [-0.1, -0.05) is 26.0 Å². The van der Waals surface area contributed by atoms with Crippen LogP contribution in [0, 0.1) is 0 Å². The zero-order valence-electron chi connectivity index (χ0n) is 17.9. The van der Waals surface area contributed by atoms with E-state index in [-0.39, 0.29) is 12.5 Å². The first-order chi connectivity index (χ1) is 15.1. The lowest BCUT2D eigenvalue weighted by Crippen LogP contribution is -2.50. The quantitative estimate of drug-likeness (QED) is 0.612. The molecule has 0 spiro atoms. The van der Waals surface area contributed by atoms with Gasteiger partial charge in [0, 0.05) is 44.1 Å². The van der Waals surface area contributed by atoms with E-state index in [0.29, 0.717) is 19.0 Å². The van der Waals surface area contributed by atoms with Crippen LogP contribution in [0.2, 0.25) is 0 Å². The van der Waals surface area contributed by atoms with Gasteiger partial charge in [0.2, 0.25) is 0 Å². The van der Waals surface area contributed by atoms with Crippen LogP contribution in [0.15, 0.2) is 60.9 Å². The molecule has 160 valence electrons. The summed E-state index contributed by atoms with van der Waals surface area (Å²) in [4.78, 5) is 20.6. The Labute approximate surface area is 182 Å². The van der Waals surface area contributed by atoms with Crippen LogP contribution in [0.5, 0.6) is 5.75 Å². The number of nitrogens with zero attached hydrogens (tertiary/aromatic N) is 5. The van der Waals surface area contributed by atoms with E-state index in [2.05, 4.69) is 33.9 Å².